The number of ether oxygens (including phenoxy) is 1. The summed E-state index contributed by atoms with van der Waals surface area (Å²) in [6, 6.07) is 12.9. The highest BCUT2D eigenvalue weighted by Crippen LogP contribution is 2.32. The van der Waals surface area contributed by atoms with Crippen molar-refractivity contribution in [1.82, 2.24) is 15.2 Å². The minimum atomic E-state index is -0.344. The highest BCUT2D eigenvalue weighted by molar-refractivity contribution is 7.14. The van der Waals surface area contributed by atoms with Gasteiger partial charge in [-0.25, -0.2) is 4.98 Å². The zero-order chi connectivity index (χ0) is 18.6. The van der Waals surface area contributed by atoms with Crippen LogP contribution in [-0.4, -0.2) is 27.7 Å². The van der Waals surface area contributed by atoms with Gasteiger partial charge in [-0.1, -0.05) is 12.1 Å². The lowest BCUT2D eigenvalue weighted by molar-refractivity contribution is 0.102. The number of hydrogen-bond acceptors (Lipinski definition) is 6. The summed E-state index contributed by atoms with van der Waals surface area (Å²) in [6.07, 6.45) is 1.56. The van der Waals surface area contributed by atoms with E-state index in [0.29, 0.717) is 23.2 Å². The van der Waals surface area contributed by atoms with Crippen molar-refractivity contribution < 1.29 is 13.9 Å². The number of para-hydroxylation sites is 1. The monoisotopic (exact) mass is 380 g/mol. The number of aromatic amines is 1. The van der Waals surface area contributed by atoms with E-state index in [1.54, 1.807) is 24.5 Å². The predicted octanol–water partition coefficient (Wildman–Crippen LogP) is 4.44. The second-order valence-corrected chi connectivity index (χ2v) is 6.42. The highest BCUT2D eigenvalue weighted by Gasteiger charge is 2.16. The number of H-pyrrole nitrogens is 1. The average molecular weight is 380 g/mol. The summed E-state index contributed by atoms with van der Waals surface area (Å²) >= 11 is 1.34. The minimum Gasteiger partial charge on any atom is -0.493 e. The third kappa shape index (κ3) is 3.61. The zero-order valence-corrected chi connectivity index (χ0v) is 15.2. The molecule has 136 valence electrons. The molecule has 0 bridgehead atoms. The molecule has 0 aliphatic heterocycles. The Hall–Kier alpha value is -3.39. The Bertz CT molecular complexity index is 1050. The van der Waals surface area contributed by atoms with E-state index in [9.17, 15) is 4.79 Å². The van der Waals surface area contributed by atoms with Crippen molar-refractivity contribution in [3.05, 3.63) is 59.8 Å². The van der Waals surface area contributed by atoms with Crippen molar-refractivity contribution in [3.8, 4) is 28.5 Å². The van der Waals surface area contributed by atoms with E-state index >= 15 is 0 Å². The molecule has 0 unspecified atom stereocenters. The van der Waals surface area contributed by atoms with Crippen LogP contribution in [-0.2, 0) is 0 Å². The summed E-state index contributed by atoms with van der Waals surface area (Å²) in [5, 5.41) is 12.0. The predicted molar refractivity (Wildman–Crippen MR) is 103 cm³/mol. The lowest BCUT2D eigenvalue weighted by Crippen LogP contribution is -2.12. The van der Waals surface area contributed by atoms with Gasteiger partial charge in [0, 0.05) is 17.0 Å². The van der Waals surface area contributed by atoms with Crippen LogP contribution in [0.15, 0.2) is 58.5 Å². The van der Waals surface area contributed by atoms with Crippen molar-refractivity contribution >= 4 is 22.4 Å². The van der Waals surface area contributed by atoms with Gasteiger partial charge in [0.05, 0.1) is 18.6 Å². The first-order valence-electron chi connectivity index (χ1n) is 8.33. The van der Waals surface area contributed by atoms with Gasteiger partial charge in [-0.15, -0.1) is 11.3 Å². The zero-order valence-electron chi connectivity index (χ0n) is 14.4. The number of aromatic nitrogens is 3. The van der Waals surface area contributed by atoms with Gasteiger partial charge in [-0.2, -0.15) is 5.10 Å². The molecule has 3 heterocycles. The smallest absolute Gasteiger partial charge is 0.277 e. The Morgan fingerprint density at radius 1 is 1.30 bits per heavy atom. The molecule has 1 aromatic carbocycles. The SMILES string of the molecule is CCOc1ccccc1-c1csc(NC(=O)c2cc(-c3ccco3)[nH]n2)n1. The summed E-state index contributed by atoms with van der Waals surface area (Å²) in [5.74, 6) is 1.03. The summed E-state index contributed by atoms with van der Waals surface area (Å²) in [4.78, 5) is 16.9. The molecule has 0 aliphatic carbocycles. The number of thiazole rings is 1. The van der Waals surface area contributed by atoms with Crippen molar-refractivity contribution in [1.29, 1.82) is 0 Å². The molecule has 27 heavy (non-hydrogen) atoms. The third-order valence-corrected chi connectivity index (χ3v) is 4.54. The fourth-order valence-corrected chi connectivity index (χ4v) is 3.28. The van der Waals surface area contributed by atoms with Crippen LogP contribution in [0.2, 0.25) is 0 Å². The van der Waals surface area contributed by atoms with Crippen molar-refractivity contribution in [2.45, 2.75) is 6.92 Å². The Labute approximate surface area is 159 Å². The molecule has 1 amide bonds. The van der Waals surface area contributed by atoms with Crippen LogP contribution in [0.1, 0.15) is 17.4 Å². The molecular formula is C19H16N4O3S. The minimum absolute atomic E-state index is 0.257. The molecule has 0 spiro atoms. The number of nitrogens with zero attached hydrogens (tertiary/aromatic N) is 2. The van der Waals surface area contributed by atoms with E-state index in [2.05, 4.69) is 20.5 Å². The average Bonchev–Trinajstić information content (AvgIpc) is 3.43. The van der Waals surface area contributed by atoms with Gasteiger partial charge < -0.3 is 9.15 Å². The number of hydrogen-bond donors (Lipinski definition) is 2. The maximum absolute atomic E-state index is 12.4. The van der Waals surface area contributed by atoms with Gasteiger partial charge in [-0.05, 0) is 31.2 Å². The van der Waals surface area contributed by atoms with E-state index in [-0.39, 0.29) is 11.6 Å². The first-order valence-corrected chi connectivity index (χ1v) is 9.21. The number of rotatable bonds is 6. The number of carbonyl (C=O) groups is 1. The molecule has 4 aromatic rings. The first-order chi connectivity index (χ1) is 13.2. The van der Waals surface area contributed by atoms with Crippen molar-refractivity contribution in [3.63, 3.8) is 0 Å². The highest BCUT2D eigenvalue weighted by atomic mass is 32.1. The quantitative estimate of drug-likeness (QED) is 0.516. The van der Waals surface area contributed by atoms with Gasteiger partial charge in [-0.3, -0.25) is 15.2 Å². The summed E-state index contributed by atoms with van der Waals surface area (Å²) in [7, 11) is 0. The van der Waals surface area contributed by atoms with E-state index in [0.717, 1.165) is 17.0 Å². The lowest BCUT2D eigenvalue weighted by Gasteiger charge is -2.07. The first kappa shape index (κ1) is 17.0. The normalized spacial score (nSPS) is 10.7. The molecule has 2 N–H and O–H groups in total. The Morgan fingerprint density at radius 2 is 2.19 bits per heavy atom. The topological polar surface area (TPSA) is 93.0 Å². The summed E-state index contributed by atoms with van der Waals surface area (Å²) in [5.41, 5.74) is 2.53. The lowest BCUT2D eigenvalue weighted by atomic mass is 10.1. The molecule has 4 rings (SSSR count). The molecule has 0 aliphatic rings. The maximum atomic E-state index is 12.4. The number of anilines is 1. The van der Waals surface area contributed by atoms with Gasteiger partial charge in [0.25, 0.3) is 5.91 Å². The van der Waals surface area contributed by atoms with E-state index in [1.165, 1.54) is 11.3 Å². The van der Waals surface area contributed by atoms with Crippen LogP contribution >= 0.6 is 11.3 Å². The second-order valence-electron chi connectivity index (χ2n) is 5.57. The fourth-order valence-electron chi connectivity index (χ4n) is 2.57. The molecule has 0 atom stereocenters. The van der Waals surface area contributed by atoms with Crippen LogP contribution in [0.25, 0.3) is 22.7 Å². The molecule has 0 fully saturated rings. The van der Waals surface area contributed by atoms with Crippen LogP contribution in [0.5, 0.6) is 5.75 Å². The van der Waals surface area contributed by atoms with E-state index in [1.807, 2.05) is 36.6 Å². The van der Waals surface area contributed by atoms with Crippen LogP contribution in [0, 0.1) is 0 Å². The summed E-state index contributed by atoms with van der Waals surface area (Å²) in [6.45, 7) is 2.51. The van der Waals surface area contributed by atoms with Crippen LogP contribution in [0.4, 0.5) is 5.13 Å². The van der Waals surface area contributed by atoms with Gasteiger partial charge in [0.1, 0.15) is 11.4 Å². The summed E-state index contributed by atoms with van der Waals surface area (Å²) < 4.78 is 10.9. The maximum Gasteiger partial charge on any atom is 0.277 e. The molecule has 0 saturated heterocycles. The number of carbonyl (C=O) groups excluding carboxylic acids is 1. The van der Waals surface area contributed by atoms with Crippen LogP contribution in [0.3, 0.4) is 0 Å². The van der Waals surface area contributed by atoms with Crippen molar-refractivity contribution in [2.24, 2.45) is 0 Å². The molecule has 0 radical (unpaired) electrons. The van der Waals surface area contributed by atoms with Crippen LogP contribution < -0.4 is 10.1 Å². The Kier molecular flexibility index (Phi) is 4.71. The molecule has 8 heteroatoms. The second kappa shape index (κ2) is 7.46. The Morgan fingerprint density at radius 3 is 3.00 bits per heavy atom. The molecule has 3 aromatic heterocycles. The van der Waals surface area contributed by atoms with Gasteiger partial charge >= 0.3 is 0 Å². The van der Waals surface area contributed by atoms with E-state index < -0.39 is 0 Å². The van der Waals surface area contributed by atoms with Gasteiger partial charge in [0.2, 0.25) is 0 Å². The van der Waals surface area contributed by atoms with Gasteiger partial charge in [0.15, 0.2) is 16.6 Å². The number of furan rings is 1. The number of benzene rings is 1. The third-order valence-electron chi connectivity index (χ3n) is 3.78. The Balaban J connectivity index is 1.51. The standard InChI is InChI=1S/C19H16N4O3S/c1-2-25-16-7-4-3-6-12(16)15-11-27-19(20-15)21-18(24)14-10-13(22-23-14)17-8-5-9-26-17/h3-11H,2H2,1H3,(H,22,23)(H,20,21,24). The number of nitrogens with one attached hydrogen (secondary N) is 2. The van der Waals surface area contributed by atoms with E-state index in [4.69, 9.17) is 9.15 Å². The number of amides is 1. The van der Waals surface area contributed by atoms with Crippen molar-refractivity contribution in [2.75, 3.05) is 11.9 Å². The molecular weight excluding hydrogens is 364 g/mol. The largest absolute Gasteiger partial charge is 0.493 e. The fraction of sp³-hybridized carbons (Fsp3) is 0.105. The molecule has 7 nitrogen and oxygen atoms in total. The molecule has 0 saturated carbocycles.